The Balaban J connectivity index is 4.58. The molecule has 2 atom stereocenters. The summed E-state index contributed by atoms with van der Waals surface area (Å²) in [5, 5.41) is 0.970. The van der Waals surface area contributed by atoms with Gasteiger partial charge in [-0.15, -0.1) is 0 Å². The number of alkyl halides is 1. The maximum atomic E-state index is 12.7. The fourth-order valence-corrected chi connectivity index (χ4v) is 1.22. The van der Waals surface area contributed by atoms with Gasteiger partial charge in [0.25, 0.3) is 0 Å². The van der Waals surface area contributed by atoms with E-state index in [-0.39, 0.29) is 11.0 Å². The summed E-state index contributed by atoms with van der Waals surface area (Å²) in [6, 6.07) is 0. The average Bonchev–Trinajstić information content (AvgIpc) is 2.12. The van der Waals surface area contributed by atoms with Crippen LogP contribution in [0.5, 0.6) is 0 Å². The summed E-state index contributed by atoms with van der Waals surface area (Å²) < 4.78 is 12.7. The van der Waals surface area contributed by atoms with Crippen LogP contribution in [0.3, 0.4) is 0 Å². The van der Waals surface area contributed by atoms with Gasteiger partial charge in [0.05, 0.1) is 5.03 Å². The lowest BCUT2D eigenvalue weighted by atomic mass is 10.0. The van der Waals surface area contributed by atoms with Crippen LogP contribution in [0.4, 0.5) is 4.39 Å². The molecule has 0 nitrogen and oxygen atoms in total. The van der Waals surface area contributed by atoms with Gasteiger partial charge in [-0.2, -0.15) is 0 Å². The molecule has 0 saturated carbocycles. The van der Waals surface area contributed by atoms with Crippen molar-refractivity contribution in [3.8, 4) is 0 Å². The third-order valence-electron chi connectivity index (χ3n) is 2.08. The predicted molar refractivity (Wildman–Crippen MR) is 67.0 cm³/mol. The molecule has 0 spiro atoms. The molecule has 0 saturated heterocycles. The molecule has 0 N–H and O–H groups in total. The fourth-order valence-electron chi connectivity index (χ4n) is 0.971. The molecule has 0 aromatic rings. The van der Waals surface area contributed by atoms with Crippen LogP contribution in [0, 0.1) is 5.92 Å². The minimum absolute atomic E-state index is 0.216. The Labute approximate surface area is 101 Å². The zero-order valence-electron chi connectivity index (χ0n) is 9.52. The third kappa shape index (κ3) is 6.75. The molecule has 0 aliphatic heterocycles. The van der Waals surface area contributed by atoms with Gasteiger partial charge in [-0.25, -0.2) is 4.39 Å². The van der Waals surface area contributed by atoms with Gasteiger partial charge in [-0.3, -0.25) is 0 Å². The second-order valence-corrected chi connectivity index (χ2v) is 4.65. The summed E-state index contributed by atoms with van der Waals surface area (Å²) >= 11 is 11.4. The Morgan fingerprint density at radius 3 is 2.07 bits per heavy atom. The van der Waals surface area contributed by atoms with Crippen molar-refractivity contribution in [2.24, 2.45) is 5.92 Å². The van der Waals surface area contributed by atoms with Crippen LogP contribution in [-0.4, -0.2) is 6.17 Å². The molecular formula is C12H17Cl2F. The first-order valence-electron chi connectivity index (χ1n) is 4.86. The quantitative estimate of drug-likeness (QED) is 0.603. The van der Waals surface area contributed by atoms with Crippen molar-refractivity contribution >= 4 is 23.2 Å². The van der Waals surface area contributed by atoms with Crippen LogP contribution in [0.1, 0.15) is 27.7 Å². The van der Waals surface area contributed by atoms with Gasteiger partial charge in [-0.05, 0) is 32.8 Å². The second kappa shape index (κ2) is 7.08. The maximum absolute atomic E-state index is 12.7. The number of halogens is 3. The molecule has 3 heteroatoms. The number of hydrogen-bond acceptors (Lipinski definition) is 0. The number of allylic oxidation sites excluding steroid dienone is 6. The van der Waals surface area contributed by atoms with Crippen LogP contribution in [0.15, 0.2) is 33.9 Å². The van der Waals surface area contributed by atoms with E-state index in [0.29, 0.717) is 0 Å². The first kappa shape index (κ1) is 14.7. The summed E-state index contributed by atoms with van der Waals surface area (Å²) in [6.07, 6.45) is 4.24. The molecule has 0 amide bonds. The van der Waals surface area contributed by atoms with E-state index < -0.39 is 6.17 Å². The highest BCUT2D eigenvalue weighted by Gasteiger charge is 2.03. The molecule has 0 aromatic heterocycles. The summed E-state index contributed by atoms with van der Waals surface area (Å²) in [7, 11) is 0. The third-order valence-corrected chi connectivity index (χ3v) is 2.64. The Morgan fingerprint density at radius 1 is 1.13 bits per heavy atom. The lowest BCUT2D eigenvalue weighted by Crippen LogP contribution is -1.93. The van der Waals surface area contributed by atoms with Crippen LogP contribution >= 0.6 is 23.2 Å². The van der Waals surface area contributed by atoms with Gasteiger partial charge >= 0.3 is 0 Å². The highest BCUT2D eigenvalue weighted by atomic mass is 35.5. The number of hydrogen-bond donors (Lipinski definition) is 0. The Morgan fingerprint density at radius 2 is 1.67 bits per heavy atom. The highest BCUT2D eigenvalue weighted by Crippen LogP contribution is 2.17. The molecule has 0 aromatic carbocycles. The van der Waals surface area contributed by atoms with Crippen molar-refractivity contribution < 1.29 is 4.39 Å². The van der Waals surface area contributed by atoms with E-state index in [9.17, 15) is 4.39 Å². The molecule has 0 fully saturated rings. The van der Waals surface area contributed by atoms with Crippen molar-refractivity contribution in [1.29, 1.82) is 0 Å². The van der Waals surface area contributed by atoms with Gasteiger partial charge in [0, 0.05) is 5.03 Å². The largest absolute Gasteiger partial charge is 0.242 e. The van der Waals surface area contributed by atoms with Crippen molar-refractivity contribution in [2.75, 3.05) is 0 Å². The highest BCUT2D eigenvalue weighted by molar-refractivity contribution is 6.30. The van der Waals surface area contributed by atoms with Crippen molar-refractivity contribution in [3.63, 3.8) is 0 Å². The normalized spacial score (nSPS) is 19.0. The van der Waals surface area contributed by atoms with Crippen LogP contribution in [0.25, 0.3) is 0 Å². The Bertz CT molecular complexity index is 284. The van der Waals surface area contributed by atoms with Crippen molar-refractivity contribution in [3.05, 3.63) is 33.9 Å². The minimum Gasteiger partial charge on any atom is -0.242 e. The van der Waals surface area contributed by atoms with Crippen molar-refractivity contribution in [1.82, 2.24) is 0 Å². The van der Waals surface area contributed by atoms with E-state index in [1.807, 2.05) is 32.9 Å². The smallest absolute Gasteiger partial charge is 0.133 e. The van der Waals surface area contributed by atoms with E-state index in [0.717, 1.165) is 10.6 Å². The SMILES string of the molecule is CC(Cl)=CC(C)C(C)=CC=C(Cl)C(C)F. The van der Waals surface area contributed by atoms with E-state index in [4.69, 9.17) is 23.2 Å². The molecule has 0 aliphatic carbocycles. The summed E-state index contributed by atoms with van der Waals surface area (Å²) in [6.45, 7) is 7.23. The van der Waals surface area contributed by atoms with E-state index in [2.05, 4.69) is 0 Å². The summed E-state index contributed by atoms with van der Waals surface area (Å²) in [5.74, 6) is 0.234. The predicted octanol–water partition coefficient (Wildman–Crippen LogP) is 5.19. The van der Waals surface area contributed by atoms with Gasteiger partial charge in [0.2, 0.25) is 0 Å². The fraction of sp³-hybridized carbons (Fsp3) is 0.500. The van der Waals surface area contributed by atoms with Gasteiger partial charge in [0.1, 0.15) is 6.17 Å². The topological polar surface area (TPSA) is 0 Å². The zero-order chi connectivity index (χ0) is 12.0. The first-order chi connectivity index (χ1) is 6.84. The summed E-state index contributed by atoms with van der Waals surface area (Å²) in [4.78, 5) is 0. The van der Waals surface area contributed by atoms with Gasteiger partial charge in [-0.1, -0.05) is 47.9 Å². The Kier molecular flexibility index (Phi) is 6.95. The van der Waals surface area contributed by atoms with Crippen LogP contribution in [-0.2, 0) is 0 Å². The minimum atomic E-state index is -1.11. The molecule has 15 heavy (non-hydrogen) atoms. The van der Waals surface area contributed by atoms with E-state index >= 15 is 0 Å². The molecule has 0 bridgehead atoms. The molecule has 0 aliphatic rings. The molecule has 0 rings (SSSR count). The maximum Gasteiger partial charge on any atom is 0.133 e. The van der Waals surface area contributed by atoms with Gasteiger partial charge in [0.15, 0.2) is 0 Å². The molecule has 2 unspecified atom stereocenters. The molecule has 0 heterocycles. The molecule has 0 radical (unpaired) electrons. The monoisotopic (exact) mass is 250 g/mol. The molecular weight excluding hydrogens is 234 g/mol. The standard InChI is InChI=1S/C12H17Cl2F/c1-8(9(2)7-10(3)13)5-6-12(14)11(4)15/h5-7,9,11H,1-4H3. The molecule has 86 valence electrons. The van der Waals surface area contributed by atoms with Crippen LogP contribution in [0.2, 0.25) is 0 Å². The zero-order valence-corrected chi connectivity index (χ0v) is 11.0. The van der Waals surface area contributed by atoms with E-state index in [1.54, 1.807) is 6.08 Å². The van der Waals surface area contributed by atoms with Crippen molar-refractivity contribution in [2.45, 2.75) is 33.9 Å². The Hall–Kier alpha value is -0.270. The van der Waals surface area contributed by atoms with E-state index in [1.165, 1.54) is 6.92 Å². The lowest BCUT2D eigenvalue weighted by molar-refractivity contribution is 0.424. The number of rotatable bonds is 4. The lowest BCUT2D eigenvalue weighted by Gasteiger charge is -2.06. The average molecular weight is 251 g/mol. The first-order valence-corrected chi connectivity index (χ1v) is 5.62. The second-order valence-electron chi connectivity index (χ2n) is 3.62. The summed E-state index contributed by atoms with van der Waals surface area (Å²) in [5.41, 5.74) is 1.09. The van der Waals surface area contributed by atoms with Gasteiger partial charge < -0.3 is 0 Å². The van der Waals surface area contributed by atoms with Crippen LogP contribution < -0.4 is 0 Å².